The number of nitrogens with zero attached hydrogens (tertiary/aromatic N) is 1. The highest BCUT2D eigenvalue weighted by Crippen LogP contribution is 2.28. The predicted molar refractivity (Wildman–Crippen MR) is 66.5 cm³/mol. The summed E-state index contributed by atoms with van der Waals surface area (Å²) in [5.74, 6) is 0.828. The Morgan fingerprint density at radius 2 is 2.38 bits per heavy atom. The first-order chi connectivity index (χ1) is 7.79. The van der Waals surface area contributed by atoms with Crippen LogP contribution in [0.15, 0.2) is 12.1 Å². The second-order valence-corrected chi connectivity index (χ2v) is 5.33. The van der Waals surface area contributed by atoms with Crippen LogP contribution in [-0.2, 0) is 4.74 Å². The van der Waals surface area contributed by atoms with Gasteiger partial charge in [-0.2, -0.15) is 0 Å². The van der Waals surface area contributed by atoms with Gasteiger partial charge in [-0.1, -0.05) is 0 Å². The van der Waals surface area contributed by atoms with E-state index in [-0.39, 0.29) is 0 Å². The smallest absolute Gasteiger partial charge is 0.160 e. The lowest BCUT2D eigenvalue weighted by atomic mass is 10.4. The fourth-order valence-corrected chi connectivity index (χ4v) is 2.27. The van der Waals surface area contributed by atoms with E-state index in [1.165, 1.54) is 24.2 Å². The molecule has 1 aliphatic rings. The molecule has 0 bridgehead atoms. The van der Waals surface area contributed by atoms with Crippen molar-refractivity contribution >= 4 is 22.6 Å². The Bertz CT molecular complexity index is 347. The molecular formula is C12H17NO2S. The van der Waals surface area contributed by atoms with Crippen molar-refractivity contribution in [3.8, 4) is 0 Å². The van der Waals surface area contributed by atoms with Crippen molar-refractivity contribution in [1.29, 1.82) is 0 Å². The Morgan fingerprint density at radius 1 is 1.56 bits per heavy atom. The third kappa shape index (κ3) is 3.32. The van der Waals surface area contributed by atoms with E-state index < -0.39 is 0 Å². The maximum Gasteiger partial charge on any atom is 0.160 e. The van der Waals surface area contributed by atoms with Crippen LogP contribution in [0.4, 0.5) is 5.00 Å². The molecule has 1 heterocycles. The van der Waals surface area contributed by atoms with Gasteiger partial charge in [0, 0.05) is 20.2 Å². The van der Waals surface area contributed by atoms with E-state index in [1.54, 1.807) is 0 Å². The summed E-state index contributed by atoms with van der Waals surface area (Å²) < 4.78 is 5.58. The lowest BCUT2D eigenvalue weighted by Crippen LogP contribution is -2.21. The molecule has 0 radical (unpaired) electrons. The molecule has 1 aromatic rings. The number of rotatable bonds is 7. The molecule has 0 N–H and O–H groups in total. The van der Waals surface area contributed by atoms with Crippen LogP contribution in [0.5, 0.6) is 0 Å². The van der Waals surface area contributed by atoms with Crippen LogP contribution >= 0.6 is 11.3 Å². The number of aldehydes is 1. The van der Waals surface area contributed by atoms with E-state index in [1.807, 2.05) is 19.2 Å². The summed E-state index contributed by atoms with van der Waals surface area (Å²) in [6.07, 6.45) is 3.57. The molecule has 1 fully saturated rings. The Morgan fingerprint density at radius 3 is 3.00 bits per heavy atom. The minimum absolute atomic E-state index is 0.765. The van der Waals surface area contributed by atoms with Crippen LogP contribution in [0.3, 0.4) is 0 Å². The fourth-order valence-electron chi connectivity index (χ4n) is 1.46. The normalized spacial score (nSPS) is 15.1. The van der Waals surface area contributed by atoms with Crippen molar-refractivity contribution in [3.05, 3.63) is 17.0 Å². The maximum atomic E-state index is 10.6. The lowest BCUT2D eigenvalue weighted by molar-refractivity contribution is 0.112. The maximum absolute atomic E-state index is 10.6. The van der Waals surface area contributed by atoms with Crippen molar-refractivity contribution in [1.82, 2.24) is 0 Å². The molecule has 1 aromatic heterocycles. The molecule has 4 heteroatoms. The molecule has 0 aliphatic heterocycles. The topological polar surface area (TPSA) is 29.5 Å². The van der Waals surface area contributed by atoms with Crippen LogP contribution < -0.4 is 4.90 Å². The number of carbonyl (C=O) groups is 1. The van der Waals surface area contributed by atoms with Gasteiger partial charge >= 0.3 is 0 Å². The molecule has 0 saturated heterocycles. The summed E-state index contributed by atoms with van der Waals surface area (Å²) >= 11 is 1.52. The molecule has 0 spiro atoms. The van der Waals surface area contributed by atoms with E-state index in [0.29, 0.717) is 0 Å². The molecule has 2 rings (SSSR count). The minimum atomic E-state index is 0.765. The first-order valence-corrected chi connectivity index (χ1v) is 6.45. The van der Waals surface area contributed by atoms with Crippen LogP contribution in [0.25, 0.3) is 0 Å². The number of ether oxygens (including phenoxy) is 1. The molecule has 1 saturated carbocycles. The van der Waals surface area contributed by atoms with Crippen molar-refractivity contribution in [3.63, 3.8) is 0 Å². The summed E-state index contributed by atoms with van der Waals surface area (Å²) in [5.41, 5.74) is 0. The summed E-state index contributed by atoms with van der Waals surface area (Å²) in [4.78, 5) is 13.5. The van der Waals surface area contributed by atoms with Gasteiger partial charge in [-0.3, -0.25) is 4.79 Å². The van der Waals surface area contributed by atoms with E-state index in [0.717, 1.165) is 41.8 Å². The number of hydrogen-bond acceptors (Lipinski definition) is 4. The van der Waals surface area contributed by atoms with Crippen molar-refractivity contribution in [2.24, 2.45) is 5.92 Å². The zero-order chi connectivity index (χ0) is 11.4. The molecule has 0 aromatic carbocycles. The second-order valence-electron chi connectivity index (χ2n) is 4.23. The van der Waals surface area contributed by atoms with Crippen molar-refractivity contribution in [2.45, 2.75) is 12.8 Å². The molecular weight excluding hydrogens is 222 g/mol. The standard InChI is InChI=1S/C12H17NO2S/c1-13(6-7-15-9-10-2-3-10)12-5-4-11(8-14)16-12/h4-5,8,10H,2-3,6-7,9H2,1H3. The summed E-state index contributed by atoms with van der Waals surface area (Å²) in [7, 11) is 2.03. The quantitative estimate of drug-likeness (QED) is 0.540. The first kappa shape index (κ1) is 11.6. The van der Waals surface area contributed by atoms with E-state index in [9.17, 15) is 4.79 Å². The van der Waals surface area contributed by atoms with Crippen LogP contribution in [0.2, 0.25) is 0 Å². The molecule has 0 amide bonds. The summed E-state index contributed by atoms with van der Waals surface area (Å²) in [5, 5.41) is 1.12. The third-order valence-corrected chi connectivity index (χ3v) is 3.85. The predicted octanol–water partition coefficient (Wildman–Crippen LogP) is 2.42. The summed E-state index contributed by atoms with van der Waals surface area (Å²) in [6, 6.07) is 3.84. The van der Waals surface area contributed by atoms with E-state index >= 15 is 0 Å². The Kier molecular flexibility index (Phi) is 3.96. The fraction of sp³-hybridized carbons (Fsp3) is 0.583. The van der Waals surface area contributed by atoms with Crippen LogP contribution in [-0.4, -0.2) is 33.1 Å². The Labute approximate surface area is 100 Å². The van der Waals surface area contributed by atoms with E-state index in [2.05, 4.69) is 4.90 Å². The highest BCUT2D eigenvalue weighted by Gasteiger charge is 2.20. The second kappa shape index (κ2) is 5.46. The van der Waals surface area contributed by atoms with E-state index in [4.69, 9.17) is 4.74 Å². The van der Waals surface area contributed by atoms with Gasteiger partial charge in [-0.25, -0.2) is 0 Å². The highest BCUT2D eigenvalue weighted by atomic mass is 32.1. The summed E-state index contributed by atoms with van der Waals surface area (Å²) in [6.45, 7) is 2.56. The van der Waals surface area contributed by atoms with Gasteiger partial charge in [-0.15, -0.1) is 11.3 Å². The van der Waals surface area contributed by atoms with Crippen LogP contribution in [0.1, 0.15) is 22.5 Å². The van der Waals surface area contributed by atoms with Crippen molar-refractivity contribution < 1.29 is 9.53 Å². The highest BCUT2D eigenvalue weighted by molar-refractivity contribution is 7.17. The van der Waals surface area contributed by atoms with Gasteiger partial charge in [0.2, 0.25) is 0 Å². The number of carbonyl (C=O) groups excluding carboxylic acids is 1. The molecule has 0 unspecified atom stereocenters. The number of likely N-dealkylation sites (N-methyl/N-ethyl adjacent to an activating group) is 1. The molecule has 1 aliphatic carbocycles. The van der Waals surface area contributed by atoms with Gasteiger partial charge in [0.25, 0.3) is 0 Å². The minimum Gasteiger partial charge on any atom is -0.379 e. The average molecular weight is 239 g/mol. The number of hydrogen-bond donors (Lipinski definition) is 0. The van der Waals surface area contributed by atoms with Crippen molar-refractivity contribution in [2.75, 3.05) is 31.7 Å². The SMILES string of the molecule is CN(CCOCC1CC1)c1ccc(C=O)s1. The van der Waals surface area contributed by atoms with Gasteiger partial charge in [0.15, 0.2) is 6.29 Å². The Hall–Kier alpha value is -0.870. The molecule has 0 atom stereocenters. The average Bonchev–Trinajstić information content (AvgIpc) is 2.99. The zero-order valence-electron chi connectivity index (χ0n) is 9.52. The van der Waals surface area contributed by atoms with Crippen LogP contribution in [0, 0.1) is 5.92 Å². The third-order valence-electron chi connectivity index (χ3n) is 2.73. The molecule has 3 nitrogen and oxygen atoms in total. The number of anilines is 1. The largest absolute Gasteiger partial charge is 0.379 e. The number of thiophene rings is 1. The lowest BCUT2D eigenvalue weighted by Gasteiger charge is -2.16. The first-order valence-electron chi connectivity index (χ1n) is 5.63. The van der Waals surface area contributed by atoms with Gasteiger partial charge in [0.1, 0.15) is 0 Å². The Balaban J connectivity index is 1.69. The monoisotopic (exact) mass is 239 g/mol. The van der Waals surface area contributed by atoms with Gasteiger partial charge in [0.05, 0.1) is 16.5 Å². The molecule has 16 heavy (non-hydrogen) atoms. The zero-order valence-corrected chi connectivity index (χ0v) is 10.3. The molecule has 88 valence electrons. The van der Waals surface area contributed by atoms with Gasteiger partial charge < -0.3 is 9.64 Å². The van der Waals surface area contributed by atoms with Gasteiger partial charge in [-0.05, 0) is 30.9 Å².